The first-order valence-electron chi connectivity index (χ1n) is 4.10. The summed E-state index contributed by atoms with van der Waals surface area (Å²) < 4.78 is 0. The third-order valence-electron chi connectivity index (χ3n) is 1.63. The van der Waals surface area contributed by atoms with Crippen molar-refractivity contribution >= 4 is 11.6 Å². The zero-order valence-electron chi connectivity index (χ0n) is 7.47. The molecule has 0 heterocycles. The molecule has 0 spiro atoms. The molecule has 0 atom stereocenters. The highest BCUT2D eigenvalue weighted by Gasteiger charge is 1.93. The molecule has 1 N–H and O–H groups in total. The van der Waals surface area contributed by atoms with Crippen LogP contribution in [0.4, 0.5) is 0 Å². The number of rotatable bonds is 1. The predicted molar refractivity (Wildman–Crippen MR) is 54.8 cm³/mol. The normalized spacial score (nSPS) is 9.15. The molecule has 2 heteroatoms. The zero-order chi connectivity index (χ0) is 9.68. The highest BCUT2D eigenvalue weighted by molar-refractivity contribution is 6.31. The highest BCUT2D eigenvalue weighted by atomic mass is 35.5. The van der Waals surface area contributed by atoms with E-state index in [0.717, 1.165) is 16.1 Å². The molecule has 0 fully saturated rings. The molecule has 0 amide bonds. The molecule has 0 aromatic heterocycles. The monoisotopic (exact) mass is 194 g/mol. The third kappa shape index (κ3) is 3.10. The maximum Gasteiger partial charge on any atom is 0.0540 e. The van der Waals surface area contributed by atoms with Gasteiger partial charge in [0.2, 0.25) is 0 Å². The van der Waals surface area contributed by atoms with Gasteiger partial charge in [-0.05, 0) is 30.7 Å². The number of benzene rings is 1. The van der Waals surface area contributed by atoms with Gasteiger partial charge in [-0.1, -0.05) is 23.4 Å². The van der Waals surface area contributed by atoms with Crippen LogP contribution in [-0.2, 0) is 0 Å². The van der Waals surface area contributed by atoms with Crippen molar-refractivity contribution in [2.45, 2.75) is 13.3 Å². The third-order valence-corrected chi connectivity index (χ3v) is 2.05. The van der Waals surface area contributed by atoms with Gasteiger partial charge in [0, 0.05) is 17.0 Å². The SMILES string of the molecule is Cc1cc(C#CCCO)ccc1Cl. The predicted octanol–water partition coefficient (Wildman–Crippen LogP) is 2.38. The summed E-state index contributed by atoms with van der Waals surface area (Å²) in [4.78, 5) is 0. The average molecular weight is 195 g/mol. The van der Waals surface area contributed by atoms with Gasteiger partial charge in [-0.3, -0.25) is 0 Å². The Morgan fingerprint density at radius 2 is 2.23 bits per heavy atom. The standard InChI is InChI=1S/C11H11ClO/c1-9-8-10(4-2-3-7-13)5-6-11(9)12/h5-6,8,13H,3,7H2,1H3. The fourth-order valence-electron chi connectivity index (χ4n) is 0.943. The Bertz CT molecular complexity index is 347. The molecular weight excluding hydrogens is 184 g/mol. The molecule has 1 nitrogen and oxygen atoms in total. The van der Waals surface area contributed by atoms with Crippen molar-refractivity contribution in [3.63, 3.8) is 0 Å². The van der Waals surface area contributed by atoms with Gasteiger partial charge in [-0.15, -0.1) is 0 Å². The molecule has 1 aromatic carbocycles. The van der Waals surface area contributed by atoms with Gasteiger partial charge >= 0.3 is 0 Å². The summed E-state index contributed by atoms with van der Waals surface area (Å²) in [6.45, 7) is 2.05. The molecule has 0 saturated carbocycles. The van der Waals surface area contributed by atoms with Crippen LogP contribution in [0.1, 0.15) is 17.5 Å². The van der Waals surface area contributed by atoms with E-state index in [1.54, 1.807) is 0 Å². The Morgan fingerprint density at radius 3 is 2.85 bits per heavy atom. The second-order valence-corrected chi connectivity index (χ2v) is 3.15. The van der Waals surface area contributed by atoms with Crippen LogP contribution in [0.3, 0.4) is 0 Å². The van der Waals surface area contributed by atoms with Gasteiger partial charge in [-0.25, -0.2) is 0 Å². The molecule has 0 saturated heterocycles. The van der Waals surface area contributed by atoms with Crippen molar-refractivity contribution in [2.75, 3.05) is 6.61 Å². The number of aliphatic hydroxyl groups excluding tert-OH is 1. The van der Waals surface area contributed by atoms with Gasteiger partial charge in [0.15, 0.2) is 0 Å². The van der Waals surface area contributed by atoms with Crippen molar-refractivity contribution in [3.05, 3.63) is 34.3 Å². The molecule has 1 aromatic rings. The first kappa shape index (κ1) is 10.1. The molecule has 1 rings (SSSR count). The number of aryl methyl sites for hydroxylation is 1. The van der Waals surface area contributed by atoms with Crippen LogP contribution in [0.15, 0.2) is 18.2 Å². The van der Waals surface area contributed by atoms with Crippen LogP contribution in [0.5, 0.6) is 0 Å². The van der Waals surface area contributed by atoms with Gasteiger partial charge < -0.3 is 5.11 Å². The van der Waals surface area contributed by atoms with Crippen molar-refractivity contribution in [1.82, 2.24) is 0 Å². The van der Waals surface area contributed by atoms with Crippen molar-refractivity contribution in [3.8, 4) is 11.8 Å². The van der Waals surface area contributed by atoms with Crippen LogP contribution in [0, 0.1) is 18.8 Å². The van der Waals surface area contributed by atoms with Crippen LogP contribution in [0.2, 0.25) is 5.02 Å². The van der Waals surface area contributed by atoms with Crippen molar-refractivity contribution in [1.29, 1.82) is 0 Å². The lowest BCUT2D eigenvalue weighted by Crippen LogP contribution is -1.80. The van der Waals surface area contributed by atoms with E-state index in [1.807, 2.05) is 25.1 Å². The molecule has 0 bridgehead atoms. The first-order chi connectivity index (χ1) is 6.24. The second kappa shape index (κ2) is 4.91. The molecular formula is C11H11ClO. The molecule has 13 heavy (non-hydrogen) atoms. The minimum atomic E-state index is 0.111. The molecule has 68 valence electrons. The lowest BCUT2D eigenvalue weighted by molar-refractivity contribution is 0.305. The highest BCUT2D eigenvalue weighted by Crippen LogP contribution is 2.15. The van der Waals surface area contributed by atoms with E-state index >= 15 is 0 Å². The Labute approximate surface area is 83.4 Å². The largest absolute Gasteiger partial charge is 0.395 e. The van der Waals surface area contributed by atoms with Crippen LogP contribution < -0.4 is 0 Å². The topological polar surface area (TPSA) is 20.2 Å². The summed E-state index contributed by atoms with van der Waals surface area (Å²) in [5, 5.41) is 9.28. The van der Waals surface area contributed by atoms with E-state index in [2.05, 4.69) is 11.8 Å². The van der Waals surface area contributed by atoms with E-state index in [-0.39, 0.29) is 6.61 Å². The average Bonchev–Trinajstić information content (AvgIpc) is 2.12. The summed E-state index contributed by atoms with van der Waals surface area (Å²) >= 11 is 5.85. The smallest absolute Gasteiger partial charge is 0.0540 e. The lowest BCUT2D eigenvalue weighted by atomic mass is 10.1. The minimum absolute atomic E-state index is 0.111. The summed E-state index contributed by atoms with van der Waals surface area (Å²) in [6.07, 6.45) is 0.516. The second-order valence-electron chi connectivity index (χ2n) is 2.74. The van der Waals surface area contributed by atoms with E-state index in [4.69, 9.17) is 16.7 Å². The van der Waals surface area contributed by atoms with E-state index < -0.39 is 0 Å². The van der Waals surface area contributed by atoms with Gasteiger partial charge in [0.25, 0.3) is 0 Å². The Kier molecular flexibility index (Phi) is 3.82. The Balaban J connectivity index is 2.81. The van der Waals surface area contributed by atoms with E-state index in [0.29, 0.717) is 6.42 Å². The molecule has 0 radical (unpaired) electrons. The molecule has 0 unspecified atom stereocenters. The Morgan fingerprint density at radius 1 is 1.46 bits per heavy atom. The number of aliphatic hydroxyl groups is 1. The fraction of sp³-hybridized carbons (Fsp3) is 0.273. The summed E-state index contributed by atoms with van der Waals surface area (Å²) in [7, 11) is 0. The quantitative estimate of drug-likeness (QED) is 0.681. The lowest BCUT2D eigenvalue weighted by Gasteiger charge is -1.96. The molecule has 0 aliphatic heterocycles. The first-order valence-corrected chi connectivity index (χ1v) is 4.47. The number of hydrogen-bond acceptors (Lipinski definition) is 1. The van der Waals surface area contributed by atoms with Gasteiger partial charge in [0.1, 0.15) is 0 Å². The van der Waals surface area contributed by atoms with Gasteiger partial charge in [0.05, 0.1) is 6.61 Å². The number of hydrogen-bond donors (Lipinski definition) is 1. The summed E-state index contributed by atoms with van der Waals surface area (Å²) in [6, 6.07) is 5.65. The van der Waals surface area contributed by atoms with Crippen LogP contribution in [-0.4, -0.2) is 11.7 Å². The molecule has 0 aliphatic rings. The maximum atomic E-state index is 8.52. The van der Waals surface area contributed by atoms with Crippen LogP contribution in [0.25, 0.3) is 0 Å². The van der Waals surface area contributed by atoms with Gasteiger partial charge in [-0.2, -0.15) is 0 Å². The minimum Gasteiger partial charge on any atom is -0.395 e. The summed E-state index contributed by atoms with van der Waals surface area (Å²) in [5.74, 6) is 5.80. The zero-order valence-corrected chi connectivity index (χ0v) is 8.23. The van der Waals surface area contributed by atoms with E-state index in [9.17, 15) is 0 Å². The maximum absolute atomic E-state index is 8.52. The van der Waals surface area contributed by atoms with Crippen molar-refractivity contribution in [2.24, 2.45) is 0 Å². The summed E-state index contributed by atoms with van der Waals surface area (Å²) in [5.41, 5.74) is 1.97. The fourth-order valence-corrected chi connectivity index (χ4v) is 1.06. The Hall–Kier alpha value is -0.970. The van der Waals surface area contributed by atoms with Crippen molar-refractivity contribution < 1.29 is 5.11 Å². The van der Waals surface area contributed by atoms with E-state index in [1.165, 1.54) is 0 Å². The van der Waals surface area contributed by atoms with Crippen LogP contribution >= 0.6 is 11.6 Å². The number of halogens is 1. The molecule has 0 aliphatic carbocycles.